The number of rotatable bonds is 2. The van der Waals surface area contributed by atoms with Gasteiger partial charge < -0.3 is 11.5 Å². The maximum Gasteiger partial charge on any atom is 0.419 e. The van der Waals surface area contributed by atoms with Gasteiger partial charge in [0.15, 0.2) is 5.16 Å². The van der Waals surface area contributed by atoms with Gasteiger partial charge in [0.1, 0.15) is 5.56 Å². The molecule has 0 saturated heterocycles. The van der Waals surface area contributed by atoms with Gasteiger partial charge in [0.25, 0.3) is 0 Å². The lowest BCUT2D eigenvalue weighted by atomic mass is 10.0. The van der Waals surface area contributed by atoms with Crippen molar-refractivity contribution in [2.24, 2.45) is 0 Å². The Balaban J connectivity index is 2.77. The van der Waals surface area contributed by atoms with Crippen molar-refractivity contribution in [3.63, 3.8) is 0 Å². The first-order valence-electron chi connectivity index (χ1n) is 5.47. The van der Waals surface area contributed by atoms with Crippen molar-refractivity contribution in [2.45, 2.75) is 11.3 Å². The van der Waals surface area contributed by atoms with Crippen LogP contribution in [0.4, 0.5) is 24.5 Å². The molecular weight excluding hydrogens is 289 g/mol. The van der Waals surface area contributed by atoms with Crippen LogP contribution < -0.4 is 11.5 Å². The Hall–Kier alpha value is -1.96. The number of nitrogens with zero attached hydrogens (tertiary/aromatic N) is 2. The molecule has 0 aliphatic heterocycles. The van der Waals surface area contributed by atoms with Crippen LogP contribution in [0.3, 0.4) is 0 Å². The fraction of sp³-hybridized carbons (Fsp3) is 0.167. The molecule has 20 heavy (non-hydrogen) atoms. The maximum atomic E-state index is 13.1. The van der Waals surface area contributed by atoms with Gasteiger partial charge in [-0.3, -0.25) is 0 Å². The molecule has 4 N–H and O–H groups in total. The van der Waals surface area contributed by atoms with E-state index in [4.69, 9.17) is 11.5 Å². The van der Waals surface area contributed by atoms with E-state index in [1.54, 1.807) is 12.3 Å². The number of aromatic nitrogens is 2. The summed E-state index contributed by atoms with van der Waals surface area (Å²) in [4.78, 5) is 7.58. The number of benzene rings is 1. The summed E-state index contributed by atoms with van der Waals surface area (Å²) in [7, 11) is 0. The molecule has 0 aliphatic rings. The Morgan fingerprint density at radius 2 is 1.75 bits per heavy atom. The number of hydrogen-bond acceptors (Lipinski definition) is 5. The van der Waals surface area contributed by atoms with Gasteiger partial charge in [0.2, 0.25) is 0 Å². The number of anilines is 2. The molecule has 0 aliphatic carbocycles. The predicted molar refractivity (Wildman–Crippen MR) is 73.1 cm³/mol. The third-order valence-corrected chi connectivity index (χ3v) is 3.18. The van der Waals surface area contributed by atoms with E-state index >= 15 is 0 Å². The highest BCUT2D eigenvalue weighted by atomic mass is 32.2. The fourth-order valence-electron chi connectivity index (χ4n) is 1.72. The van der Waals surface area contributed by atoms with Crippen LogP contribution in [0.5, 0.6) is 0 Å². The lowest BCUT2D eigenvalue weighted by Crippen LogP contribution is -2.11. The average molecular weight is 300 g/mol. The first-order valence-corrected chi connectivity index (χ1v) is 6.69. The summed E-state index contributed by atoms with van der Waals surface area (Å²) in [5, 5.41) is 0.218. The Bertz CT molecular complexity index is 623. The molecule has 106 valence electrons. The molecule has 1 aromatic carbocycles. The van der Waals surface area contributed by atoms with Crippen molar-refractivity contribution in [3.05, 3.63) is 30.0 Å². The molecule has 8 heteroatoms. The Morgan fingerprint density at radius 3 is 2.25 bits per heavy atom. The third-order valence-electron chi connectivity index (χ3n) is 2.62. The van der Waals surface area contributed by atoms with E-state index in [9.17, 15) is 13.2 Å². The van der Waals surface area contributed by atoms with Gasteiger partial charge in [-0.15, -0.1) is 0 Å². The second-order valence-electron chi connectivity index (χ2n) is 3.93. The molecule has 0 bridgehead atoms. The van der Waals surface area contributed by atoms with Gasteiger partial charge in [-0.25, -0.2) is 9.97 Å². The van der Waals surface area contributed by atoms with Crippen molar-refractivity contribution in [1.29, 1.82) is 0 Å². The molecular formula is C12H11F3N4S. The number of halogens is 3. The molecule has 2 rings (SSSR count). The van der Waals surface area contributed by atoms with E-state index in [2.05, 4.69) is 9.97 Å². The first-order chi connectivity index (χ1) is 9.34. The van der Waals surface area contributed by atoms with Crippen LogP contribution in [0.1, 0.15) is 5.56 Å². The molecule has 0 saturated carbocycles. The van der Waals surface area contributed by atoms with Crippen LogP contribution in [0.15, 0.2) is 29.6 Å². The highest BCUT2D eigenvalue weighted by molar-refractivity contribution is 7.98. The molecule has 0 fully saturated rings. The predicted octanol–water partition coefficient (Wildman–Crippen LogP) is 3.05. The van der Waals surface area contributed by atoms with Gasteiger partial charge >= 0.3 is 6.18 Å². The first kappa shape index (κ1) is 14.4. The minimum absolute atomic E-state index is 0.0810. The number of alkyl halides is 3. The zero-order chi connectivity index (χ0) is 14.9. The molecule has 1 aromatic heterocycles. The summed E-state index contributed by atoms with van der Waals surface area (Å²) in [6.07, 6.45) is -2.16. The molecule has 0 amide bonds. The van der Waals surface area contributed by atoms with Gasteiger partial charge in [0.05, 0.1) is 5.69 Å². The van der Waals surface area contributed by atoms with Crippen molar-refractivity contribution in [2.75, 3.05) is 17.7 Å². The van der Waals surface area contributed by atoms with Crippen molar-refractivity contribution in [3.8, 4) is 11.3 Å². The van der Waals surface area contributed by atoms with Gasteiger partial charge in [-0.1, -0.05) is 17.8 Å². The van der Waals surface area contributed by atoms with Gasteiger partial charge in [0, 0.05) is 23.1 Å². The minimum Gasteiger partial charge on any atom is -0.398 e. The van der Waals surface area contributed by atoms with Gasteiger partial charge in [-0.2, -0.15) is 13.2 Å². The summed E-state index contributed by atoms with van der Waals surface area (Å²) >= 11 is 1.14. The Morgan fingerprint density at radius 1 is 1.15 bits per heavy atom. The molecule has 0 atom stereocenters. The number of hydrogen-bond donors (Lipinski definition) is 2. The quantitative estimate of drug-likeness (QED) is 0.506. The molecule has 0 radical (unpaired) electrons. The summed E-state index contributed by atoms with van der Waals surface area (Å²) in [5.74, 6) is 0. The van der Waals surface area contributed by atoms with Crippen LogP contribution >= 0.6 is 11.8 Å². The number of nitrogens with two attached hydrogens (primary N) is 2. The van der Waals surface area contributed by atoms with Crippen molar-refractivity contribution < 1.29 is 13.2 Å². The van der Waals surface area contributed by atoms with E-state index in [-0.39, 0.29) is 27.8 Å². The average Bonchev–Trinajstić information content (AvgIpc) is 2.37. The largest absolute Gasteiger partial charge is 0.419 e. The smallest absolute Gasteiger partial charge is 0.398 e. The highest BCUT2D eigenvalue weighted by Crippen LogP contribution is 2.40. The summed E-state index contributed by atoms with van der Waals surface area (Å²) in [5.41, 5.74) is 10.6. The fourth-order valence-corrected chi connectivity index (χ4v) is 2.06. The topological polar surface area (TPSA) is 77.8 Å². The molecule has 4 nitrogen and oxygen atoms in total. The summed E-state index contributed by atoms with van der Waals surface area (Å²) < 4.78 is 39.2. The number of nitrogen functional groups attached to an aromatic ring is 2. The van der Waals surface area contributed by atoms with Crippen LogP contribution in [-0.2, 0) is 6.18 Å². The second kappa shape index (κ2) is 5.20. The molecule has 1 heterocycles. The van der Waals surface area contributed by atoms with E-state index in [1.165, 1.54) is 12.1 Å². The van der Waals surface area contributed by atoms with Crippen LogP contribution in [-0.4, -0.2) is 16.2 Å². The van der Waals surface area contributed by atoms with Crippen molar-refractivity contribution >= 4 is 23.1 Å². The SMILES string of the molecule is CSc1ncc(C(F)(F)F)c(-c2c(N)cccc2N)n1. The lowest BCUT2D eigenvalue weighted by molar-refractivity contribution is -0.137. The normalized spacial score (nSPS) is 11.6. The molecule has 2 aromatic rings. The van der Waals surface area contributed by atoms with E-state index in [0.717, 1.165) is 18.0 Å². The molecule has 0 unspecified atom stereocenters. The monoisotopic (exact) mass is 300 g/mol. The minimum atomic E-state index is -4.58. The lowest BCUT2D eigenvalue weighted by Gasteiger charge is -2.15. The second-order valence-corrected chi connectivity index (χ2v) is 4.70. The zero-order valence-electron chi connectivity index (χ0n) is 10.4. The van der Waals surface area contributed by atoms with E-state index < -0.39 is 11.7 Å². The molecule has 0 spiro atoms. The Kier molecular flexibility index (Phi) is 3.76. The highest BCUT2D eigenvalue weighted by Gasteiger charge is 2.36. The van der Waals surface area contributed by atoms with Crippen LogP contribution in [0.2, 0.25) is 0 Å². The van der Waals surface area contributed by atoms with Gasteiger partial charge in [-0.05, 0) is 18.4 Å². The third kappa shape index (κ3) is 2.64. The van der Waals surface area contributed by atoms with Crippen LogP contribution in [0.25, 0.3) is 11.3 Å². The Labute approximate surface area is 117 Å². The van der Waals surface area contributed by atoms with E-state index in [1.807, 2.05) is 0 Å². The standard InChI is InChI=1S/C12H11F3N4S/c1-20-11-18-5-6(12(13,14)15)10(19-11)9-7(16)3-2-4-8(9)17/h2-5H,16-17H2,1H3. The summed E-state index contributed by atoms with van der Waals surface area (Å²) in [6.45, 7) is 0. The summed E-state index contributed by atoms with van der Waals surface area (Å²) in [6, 6.07) is 4.53. The van der Waals surface area contributed by atoms with Crippen LogP contribution in [0, 0.1) is 0 Å². The van der Waals surface area contributed by atoms with Crippen molar-refractivity contribution in [1.82, 2.24) is 9.97 Å². The van der Waals surface area contributed by atoms with E-state index in [0.29, 0.717) is 0 Å². The maximum absolute atomic E-state index is 13.1. The zero-order valence-corrected chi connectivity index (χ0v) is 11.2. The number of thioether (sulfide) groups is 1.